The first-order valence-electron chi connectivity index (χ1n) is 5.98. The molecule has 0 saturated heterocycles. The lowest BCUT2D eigenvalue weighted by Gasteiger charge is -2.09. The Balaban J connectivity index is 2.37. The van der Waals surface area contributed by atoms with Crippen molar-refractivity contribution in [3.05, 3.63) is 52.0 Å². The van der Waals surface area contributed by atoms with Crippen LogP contribution in [-0.2, 0) is 6.18 Å². The van der Waals surface area contributed by atoms with Crippen molar-refractivity contribution in [1.29, 1.82) is 0 Å². The van der Waals surface area contributed by atoms with Crippen LogP contribution in [0.2, 0.25) is 10.2 Å². The van der Waals surface area contributed by atoms with Gasteiger partial charge in [0.05, 0.1) is 5.02 Å². The summed E-state index contributed by atoms with van der Waals surface area (Å²) >= 11 is 11.3. The van der Waals surface area contributed by atoms with E-state index in [2.05, 4.69) is 9.97 Å². The van der Waals surface area contributed by atoms with E-state index in [9.17, 15) is 17.6 Å². The molecule has 1 aromatic carbocycles. The Bertz CT molecular complexity index is 871. The molecule has 0 unspecified atom stereocenters. The lowest BCUT2D eigenvalue weighted by atomic mass is 10.0. The Kier molecular flexibility index (Phi) is 3.53. The maximum Gasteiger partial charge on any atom is 0.431 e. The maximum absolute atomic E-state index is 13.6. The molecule has 0 aliphatic heterocycles. The molecule has 1 N–H and O–H groups in total. The molecule has 0 aliphatic rings. The molecule has 2 nitrogen and oxygen atoms in total. The van der Waals surface area contributed by atoms with Crippen LogP contribution < -0.4 is 0 Å². The highest BCUT2D eigenvalue weighted by molar-refractivity contribution is 6.31. The predicted molar refractivity (Wildman–Crippen MR) is 76.5 cm³/mol. The molecule has 0 radical (unpaired) electrons. The largest absolute Gasteiger partial charge is 0.431 e. The molecule has 3 aromatic rings. The average Bonchev–Trinajstić information content (AvgIpc) is 2.80. The van der Waals surface area contributed by atoms with Crippen molar-refractivity contribution in [2.24, 2.45) is 0 Å². The molecule has 2 heterocycles. The van der Waals surface area contributed by atoms with Gasteiger partial charge in [0.1, 0.15) is 22.3 Å². The van der Waals surface area contributed by atoms with Gasteiger partial charge in [0, 0.05) is 10.9 Å². The molecule has 0 aliphatic carbocycles. The Morgan fingerprint density at radius 2 is 1.77 bits per heavy atom. The fraction of sp³-hybridized carbons (Fsp3) is 0.0714. The number of pyridine rings is 1. The van der Waals surface area contributed by atoms with Gasteiger partial charge in [0.25, 0.3) is 0 Å². The number of halogens is 6. The van der Waals surface area contributed by atoms with Gasteiger partial charge >= 0.3 is 6.18 Å². The van der Waals surface area contributed by atoms with E-state index in [4.69, 9.17) is 23.2 Å². The van der Waals surface area contributed by atoms with Crippen molar-refractivity contribution in [2.45, 2.75) is 6.18 Å². The summed E-state index contributed by atoms with van der Waals surface area (Å²) in [5.41, 5.74) is -1.18. The van der Waals surface area contributed by atoms with Crippen LogP contribution in [0.25, 0.3) is 22.2 Å². The van der Waals surface area contributed by atoms with E-state index in [1.165, 1.54) is 24.3 Å². The highest BCUT2D eigenvalue weighted by Gasteiger charge is 2.37. The van der Waals surface area contributed by atoms with Crippen molar-refractivity contribution >= 4 is 34.2 Å². The molecule has 3 rings (SSSR count). The third kappa shape index (κ3) is 2.53. The van der Waals surface area contributed by atoms with E-state index >= 15 is 0 Å². The number of fused-ring (bicyclic) bond motifs is 1. The Hall–Kier alpha value is -1.79. The van der Waals surface area contributed by atoms with Gasteiger partial charge in [-0.05, 0) is 29.8 Å². The third-order valence-corrected chi connectivity index (χ3v) is 3.63. The molecule has 0 saturated carbocycles. The number of nitrogens with one attached hydrogen (secondary N) is 1. The van der Waals surface area contributed by atoms with Crippen LogP contribution in [0, 0.1) is 5.82 Å². The number of hydrogen-bond donors (Lipinski definition) is 1. The van der Waals surface area contributed by atoms with E-state index in [1.54, 1.807) is 0 Å². The SMILES string of the molecule is Fc1cc(-c2c(C(F)(F)F)[nH]c3nc(Cl)ccc23)ccc1Cl. The van der Waals surface area contributed by atoms with Crippen LogP contribution in [0.4, 0.5) is 17.6 Å². The Morgan fingerprint density at radius 1 is 1.05 bits per heavy atom. The van der Waals surface area contributed by atoms with Gasteiger partial charge in [-0.15, -0.1) is 0 Å². The topological polar surface area (TPSA) is 28.7 Å². The fourth-order valence-electron chi connectivity index (χ4n) is 2.21. The van der Waals surface area contributed by atoms with Gasteiger partial charge in [-0.25, -0.2) is 9.37 Å². The molecule has 2 aromatic heterocycles. The monoisotopic (exact) mass is 348 g/mol. The molecule has 22 heavy (non-hydrogen) atoms. The molecule has 0 amide bonds. The number of aromatic amines is 1. The smallest absolute Gasteiger partial charge is 0.335 e. The number of nitrogens with zero attached hydrogens (tertiary/aromatic N) is 1. The number of rotatable bonds is 1. The zero-order valence-electron chi connectivity index (χ0n) is 10.6. The highest BCUT2D eigenvalue weighted by atomic mass is 35.5. The minimum Gasteiger partial charge on any atom is -0.335 e. The van der Waals surface area contributed by atoms with Gasteiger partial charge in [-0.3, -0.25) is 0 Å². The first kappa shape index (κ1) is 15.1. The third-order valence-electron chi connectivity index (χ3n) is 3.12. The summed E-state index contributed by atoms with van der Waals surface area (Å²) < 4.78 is 53.3. The summed E-state index contributed by atoms with van der Waals surface area (Å²) in [5.74, 6) is -0.802. The van der Waals surface area contributed by atoms with Crippen LogP contribution in [0.3, 0.4) is 0 Å². The number of alkyl halides is 3. The maximum atomic E-state index is 13.6. The van der Waals surface area contributed by atoms with Gasteiger partial charge in [-0.1, -0.05) is 29.3 Å². The van der Waals surface area contributed by atoms with Crippen molar-refractivity contribution in [1.82, 2.24) is 9.97 Å². The molecule has 0 fully saturated rings. The van der Waals surface area contributed by atoms with Gasteiger partial charge in [0.15, 0.2) is 0 Å². The molecular weight excluding hydrogens is 343 g/mol. The molecule has 0 bridgehead atoms. The van der Waals surface area contributed by atoms with Gasteiger partial charge in [-0.2, -0.15) is 13.2 Å². The van der Waals surface area contributed by atoms with Crippen LogP contribution in [0.1, 0.15) is 5.69 Å². The first-order chi connectivity index (χ1) is 10.3. The van der Waals surface area contributed by atoms with E-state index < -0.39 is 17.7 Å². The molecule has 114 valence electrons. The van der Waals surface area contributed by atoms with Crippen LogP contribution in [0.15, 0.2) is 30.3 Å². The Morgan fingerprint density at radius 3 is 2.41 bits per heavy atom. The van der Waals surface area contributed by atoms with Crippen LogP contribution >= 0.6 is 23.2 Å². The Labute approximate surface area is 131 Å². The fourth-order valence-corrected chi connectivity index (χ4v) is 2.48. The lowest BCUT2D eigenvalue weighted by Crippen LogP contribution is -2.07. The van der Waals surface area contributed by atoms with Crippen molar-refractivity contribution < 1.29 is 17.6 Å². The standard InChI is InChI=1S/C14H6Cl2F4N2/c15-8-3-1-6(5-9(8)17)11-7-2-4-10(16)21-13(7)22-12(11)14(18,19)20/h1-5H,(H,21,22). The second kappa shape index (κ2) is 5.14. The van der Waals surface area contributed by atoms with Crippen LogP contribution in [-0.4, -0.2) is 9.97 Å². The zero-order chi connectivity index (χ0) is 16.1. The summed E-state index contributed by atoms with van der Waals surface area (Å²) in [6.07, 6.45) is -4.65. The van der Waals surface area contributed by atoms with Crippen molar-refractivity contribution in [3.63, 3.8) is 0 Å². The highest BCUT2D eigenvalue weighted by Crippen LogP contribution is 2.41. The summed E-state index contributed by atoms with van der Waals surface area (Å²) in [6.45, 7) is 0. The summed E-state index contributed by atoms with van der Waals surface area (Å²) in [6, 6.07) is 6.24. The minimum absolute atomic E-state index is 0.0230. The molecule has 8 heteroatoms. The number of H-pyrrole nitrogens is 1. The van der Waals surface area contributed by atoms with Crippen molar-refractivity contribution in [3.8, 4) is 11.1 Å². The molecule has 0 atom stereocenters. The van der Waals surface area contributed by atoms with Crippen molar-refractivity contribution in [2.75, 3.05) is 0 Å². The second-order valence-corrected chi connectivity index (χ2v) is 5.33. The zero-order valence-corrected chi connectivity index (χ0v) is 12.1. The van der Waals surface area contributed by atoms with Gasteiger partial charge < -0.3 is 4.98 Å². The van der Waals surface area contributed by atoms with E-state index in [-0.39, 0.29) is 32.3 Å². The number of hydrogen-bond acceptors (Lipinski definition) is 1. The second-order valence-electron chi connectivity index (χ2n) is 4.53. The molecule has 0 spiro atoms. The molecular formula is C14H6Cl2F4N2. The predicted octanol–water partition coefficient (Wildman–Crippen LogP) is 5.69. The first-order valence-corrected chi connectivity index (χ1v) is 6.74. The lowest BCUT2D eigenvalue weighted by molar-refractivity contribution is -0.140. The minimum atomic E-state index is -4.65. The van der Waals surface area contributed by atoms with Gasteiger partial charge in [0.2, 0.25) is 0 Å². The number of benzene rings is 1. The quantitative estimate of drug-likeness (QED) is 0.443. The summed E-state index contributed by atoms with van der Waals surface area (Å²) in [7, 11) is 0. The van der Waals surface area contributed by atoms with E-state index in [0.717, 1.165) is 6.07 Å². The van der Waals surface area contributed by atoms with Crippen LogP contribution in [0.5, 0.6) is 0 Å². The summed E-state index contributed by atoms with van der Waals surface area (Å²) in [5, 5.41) is 0.0769. The average molecular weight is 349 g/mol. The normalized spacial score (nSPS) is 12.1. The summed E-state index contributed by atoms with van der Waals surface area (Å²) in [4.78, 5) is 6.03. The van der Waals surface area contributed by atoms with E-state index in [0.29, 0.717) is 0 Å². The van der Waals surface area contributed by atoms with E-state index in [1.807, 2.05) is 0 Å². The number of aromatic nitrogens is 2.